The van der Waals surface area contributed by atoms with Crippen LogP contribution in [0.5, 0.6) is 0 Å². The van der Waals surface area contributed by atoms with Gasteiger partial charge in [0.25, 0.3) is 0 Å². The molecule has 0 atom stereocenters. The smallest absolute Gasteiger partial charge is 0.193 e. The third-order valence-corrected chi connectivity index (χ3v) is 3.08. The SMILES string of the molecule is Cc1[nH]c2cc(F)cc(C)c2c(=O)c1C(C)C. The molecule has 0 aliphatic rings. The van der Waals surface area contributed by atoms with Gasteiger partial charge >= 0.3 is 0 Å². The molecule has 0 aliphatic heterocycles. The number of fused-ring (bicyclic) bond motifs is 1. The first-order valence-corrected chi connectivity index (χ1v) is 5.74. The largest absolute Gasteiger partial charge is 0.358 e. The number of benzene rings is 1. The fraction of sp³-hybridized carbons (Fsp3) is 0.357. The Labute approximate surface area is 99.5 Å². The maximum atomic E-state index is 13.3. The molecule has 0 bridgehead atoms. The first-order chi connectivity index (χ1) is 7.91. The van der Waals surface area contributed by atoms with Crippen LogP contribution in [-0.4, -0.2) is 4.98 Å². The lowest BCUT2D eigenvalue weighted by atomic mass is 9.97. The zero-order valence-electron chi connectivity index (χ0n) is 10.5. The van der Waals surface area contributed by atoms with Gasteiger partial charge in [0.05, 0.1) is 5.52 Å². The molecule has 0 unspecified atom stereocenters. The Morgan fingerprint density at radius 3 is 2.47 bits per heavy atom. The molecule has 90 valence electrons. The van der Waals surface area contributed by atoms with Crippen LogP contribution in [0.25, 0.3) is 10.9 Å². The number of pyridine rings is 1. The van der Waals surface area contributed by atoms with Gasteiger partial charge in [0.15, 0.2) is 5.43 Å². The third-order valence-electron chi connectivity index (χ3n) is 3.08. The van der Waals surface area contributed by atoms with E-state index in [9.17, 15) is 9.18 Å². The van der Waals surface area contributed by atoms with E-state index in [0.29, 0.717) is 16.5 Å². The molecular weight excluding hydrogens is 217 g/mol. The molecule has 17 heavy (non-hydrogen) atoms. The lowest BCUT2D eigenvalue weighted by Gasteiger charge is -2.12. The van der Waals surface area contributed by atoms with E-state index < -0.39 is 0 Å². The first kappa shape index (κ1) is 11.8. The van der Waals surface area contributed by atoms with Crippen molar-refractivity contribution in [1.29, 1.82) is 0 Å². The van der Waals surface area contributed by atoms with Crippen LogP contribution >= 0.6 is 0 Å². The molecule has 2 aromatic rings. The molecule has 0 aliphatic carbocycles. The van der Waals surface area contributed by atoms with Crippen LogP contribution in [0.4, 0.5) is 4.39 Å². The van der Waals surface area contributed by atoms with Gasteiger partial charge in [-0.1, -0.05) is 13.8 Å². The molecule has 2 nitrogen and oxygen atoms in total. The minimum absolute atomic E-state index is 0.0174. The fourth-order valence-corrected chi connectivity index (χ4v) is 2.41. The summed E-state index contributed by atoms with van der Waals surface area (Å²) in [6.07, 6.45) is 0. The van der Waals surface area contributed by atoms with Crippen LogP contribution in [0.2, 0.25) is 0 Å². The maximum Gasteiger partial charge on any atom is 0.193 e. The summed E-state index contributed by atoms with van der Waals surface area (Å²) in [6, 6.07) is 2.78. The summed E-state index contributed by atoms with van der Waals surface area (Å²) < 4.78 is 13.3. The van der Waals surface area contributed by atoms with E-state index >= 15 is 0 Å². The van der Waals surface area contributed by atoms with Crippen LogP contribution < -0.4 is 5.43 Å². The van der Waals surface area contributed by atoms with Crippen LogP contribution in [0, 0.1) is 19.7 Å². The molecule has 0 saturated heterocycles. The van der Waals surface area contributed by atoms with Gasteiger partial charge in [0.1, 0.15) is 5.82 Å². The van der Waals surface area contributed by atoms with E-state index in [1.54, 1.807) is 6.92 Å². The maximum absolute atomic E-state index is 13.3. The summed E-state index contributed by atoms with van der Waals surface area (Å²) in [5.41, 5.74) is 2.89. The fourth-order valence-electron chi connectivity index (χ4n) is 2.41. The summed E-state index contributed by atoms with van der Waals surface area (Å²) in [5.74, 6) is -0.157. The quantitative estimate of drug-likeness (QED) is 0.804. The summed E-state index contributed by atoms with van der Waals surface area (Å²) in [4.78, 5) is 15.5. The van der Waals surface area contributed by atoms with Crippen molar-refractivity contribution in [2.45, 2.75) is 33.6 Å². The minimum Gasteiger partial charge on any atom is -0.358 e. The number of hydrogen-bond donors (Lipinski definition) is 1. The van der Waals surface area contributed by atoms with Crippen LogP contribution in [0.15, 0.2) is 16.9 Å². The number of aryl methyl sites for hydroxylation is 2. The van der Waals surface area contributed by atoms with E-state index in [1.165, 1.54) is 12.1 Å². The number of aromatic amines is 1. The van der Waals surface area contributed by atoms with E-state index in [4.69, 9.17) is 0 Å². The highest BCUT2D eigenvalue weighted by Crippen LogP contribution is 2.20. The Hall–Kier alpha value is -1.64. The van der Waals surface area contributed by atoms with Gasteiger partial charge in [0, 0.05) is 16.6 Å². The van der Waals surface area contributed by atoms with Gasteiger partial charge < -0.3 is 4.98 Å². The van der Waals surface area contributed by atoms with Crippen molar-refractivity contribution in [2.75, 3.05) is 0 Å². The number of aromatic nitrogens is 1. The minimum atomic E-state index is -0.317. The van der Waals surface area contributed by atoms with Crippen molar-refractivity contribution in [3.8, 4) is 0 Å². The molecule has 2 rings (SSSR count). The zero-order chi connectivity index (χ0) is 12.7. The van der Waals surface area contributed by atoms with Crippen molar-refractivity contribution < 1.29 is 4.39 Å². The molecule has 1 aromatic heterocycles. The molecule has 0 saturated carbocycles. The number of nitrogens with one attached hydrogen (secondary N) is 1. The highest BCUT2D eigenvalue weighted by Gasteiger charge is 2.14. The Morgan fingerprint density at radius 1 is 1.24 bits per heavy atom. The molecular formula is C14H16FNO. The Morgan fingerprint density at radius 2 is 1.88 bits per heavy atom. The Kier molecular flexibility index (Phi) is 2.77. The third kappa shape index (κ3) is 1.86. The average molecular weight is 233 g/mol. The van der Waals surface area contributed by atoms with E-state index in [-0.39, 0.29) is 17.2 Å². The van der Waals surface area contributed by atoms with Gasteiger partial charge in [-0.2, -0.15) is 0 Å². The second-order valence-electron chi connectivity index (χ2n) is 4.79. The first-order valence-electron chi connectivity index (χ1n) is 5.74. The van der Waals surface area contributed by atoms with Crippen molar-refractivity contribution >= 4 is 10.9 Å². The highest BCUT2D eigenvalue weighted by molar-refractivity contribution is 5.83. The van der Waals surface area contributed by atoms with E-state index in [2.05, 4.69) is 4.98 Å². The van der Waals surface area contributed by atoms with Crippen molar-refractivity contribution in [3.63, 3.8) is 0 Å². The molecule has 0 fully saturated rings. The van der Waals surface area contributed by atoms with Gasteiger partial charge in [-0.05, 0) is 37.5 Å². The molecule has 0 radical (unpaired) electrons. The van der Waals surface area contributed by atoms with E-state index in [1.807, 2.05) is 20.8 Å². The van der Waals surface area contributed by atoms with Crippen molar-refractivity contribution in [2.24, 2.45) is 0 Å². The molecule has 0 amide bonds. The molecule has 1 aromatic carbocycles. The summed E-state index contributed by atoms with van der Waals surface area (Å²) in [7, 11) is 0. The van der Waals surface area contributed by atoms with Crippen LogP contribution in [-0.2, 0) is 0 Å². The van der Waals surface area contributed by atoms with Gasteiger partial charge in [-0.25, -0.2) is 4.39 Å². The Bertz CT molecular complexity index is 641. The lowest BCUT2D eigenvalue weighted by molar-refractivity contribution is 0.628. The van der Waals surface area contributed by atoms with Crippen LogP contribution in [0.1, 0.15) is 36.6 Å². The molecule has 3 heteroatoms. The van der Waals surface area contributed by atoms with Crippen LogP contribution in [0.3, 0.4) is 0 Å². The standard InChI is InChI=1S/C14H16FNO/c1-7(2)12-9(4)16-11-6-10(15)5-8(3)13(11)14(12)17/h5-7H,1-4H3,(H,16,17). The lowest BCUT2D eigenvalue weighted by Crippen LogP contribution is -2.15. The van der Waals surface area contributed by atoms with Gasteiger partial charge in [-0.3, -0.25) is 4.79 Å². The summed E-state index contributed by atoms with van der Waals surface area (Å²) in [5, 5.41) is 0.598. The Balaban J connectivity index is 2.98. The van der Waals surface area contributed by atoms with Crippen molar-refractivity contribution in [3.05, 3.63) is 45.0 Å². The number of H-pyrrole nitrogens is 1. The van der Waals surface area contributed by atoms with E-state index in [0.717, 1.165) is 11.3 Å². The topological polar surface area (TPSA) is 32.9 Å². The van der Waals surface area contributed by atoms with Gasteiger partial charge in [0.2, 0.25) is 0 Å². The highest BCUT2D eigenvalue weighted by atomic mass is 19.1. The summed E-state index contributed by atoms with van der Waals surface area (Å²) in [6.45, 7) is 7.60. The zero-order valence-corrected chi connectivity index (χ0v) is 10.5. The number of hydrogen-bond acceptors (Lipinski definition) is 1. The number of halogens is 1. The second-order valence-corrected chi connectivity index (χ2v) is 4.79. The van der Waals surface area contributed by atoms with Crippen molar-refractivity contribution in [1.82, 2.24) is 4.98 Å². The second kappa shape index (κ2) is 3.99. The van der Waals surface area contributed by atoms with Gasteiger partial charge in [-0.15, -0.1) is 0 Å². The average Bonchev–Trinajstić information content (AvgIpc) is 2.13. The molecule has 1 N–H and O–H groups in total. The predicted octanol–water partition coefficient (Wildman–Crippen LogP) is 3.41. The predicted molar refractivity (Wildman–Crippen MR) is 68.1 cm³/mol. The number of rotatable bonds is 1. The monoisotopic (exact) mass is 233 g/mol. The molecule has 1 heterocycles. The normalized spacial score (nSPS) is 11.4. The molecule has 0 spiro atoms. The summed E-state index contributed by atoms with van der Waals surface area (Å²) >= 11 is 0.